The highest BCUT2D eigenvalue weighted by atomic mass is 19.1. The van der Waals surface area contributed by atoms with Crippen LogP contribution in [0.2, 0.25) is 0 Å². The number of nitrogens with zero attached hydrogens (tertiary/aromatic N) is 5. The summed E-state index contributed by atoms with van der Waals surface area (Å²) in [4.78, 5) is 24.2. The molecule has 38 heavy (non-hydrogen) atoms. The molecule has 0 bridgehead atoms. The Balaban J connectivity index is 1.44. The molecule has 2 atom stereocenters. The van der Waals surface area contributed by atoms with E-state index in [0.717, 1.165) is 19.0 Å². The Labute approximate surface area is 216 Å². The van der Waals surface area contributed by atoms with Gasteiger partial charge in [-0.25, -0.2) is 18.7 Å². The third-order valence-corrected chi connectivity index (χ3v) is 6.28. The van der Waals surface area contributed by atoms with Crippen molar-refractivity contribution in [1.29, 1.82) is 5.26 Å². The molecular weight excluding hydrogens is 496 g/mol. The summed E-state index contributed by atoms with van der Waals surface area (Å²) >= 11 is 0. The first kappa shape index (κ1) is 24.8. The molecule has 1 amide bonds. The van der Waals surface area contributed by atoms with Crippen LogP contribution in [0, 0.1) is 23.1 Å². The SMILES string of the molecule is N#CN1CCCC(N2C=C(N)C=C(c3ccc(Oc4ncc(F)cc4F)cc3)C2NC(=O)c2cocn2)C1. The summed E-state index contributed by atoms with van der Waals surface area (Å²) in [5, 5.41) is 12.5. The van der Waals surface area contributed by atoms with E-state index in [4.69, 9.17) is 14.9 Å². The Hall–Kier alpha value is -4.92. The van der Waals surface area contributed by atoms with Gasteiger partial charge < -0.3 is 30.0 Å². The molecule has 4 heterocycles. The lowest BCUT2D eigenvalue weighted by molar-refractivity contribution is 0.0853. The van der Waals surface area contributed by atoms with Crippen molar-refractivity contribution in [2.75, 3.05) is 13.1 Å². The Morgan fingerprint density at radius 2 is 2.08 bits per heavy atom. The second-order valence-corrected chi connectivity index (χ2v) is 8.83. The molecule has 2 aliphatic rings. The molecule has 12 heteroatoms. The van der Waals surface area contributed by atoms with E-state index in [1.165, 1.54) is 12.7 Å². The number of rotatable bonds is 6. The zero-order chi connectivity index (χ0) is 26.6. The standard InChI is InChI=1S/C26H23F2N7O3/c27-17-8-22(28)26(31-10-17)38-20-5-3-16(4-6-20)21-9-18(30)11-35(19-2-1-7-34(12-19)14-29)24(21)33-25(36)23-13-37-15-32-23/h3-6,8-11,13,15,19,24H,1-2,7,12,30H2,(H,33,36). The Kier molecular flexibility index (Phi) is 6.90. The number of halogens is 2. The quantitative estimate of drug-likeness (QED) is 0.470. The van der Waals surface area contributed by atoms with Gasteiger partial charge in [-0.15, -0.1) is 0 Å². The monoisotopic (exact) mass is 519 g/mol. The Morgan fingerprint density at radius 3 is 2.79 bits per heavy atom. The molecule has 2 aromatic heterocycles. The van der Waals surface area contributed by atoms with Gasteiger partial charge in [0.15, 0.2) is 24.1 Å². The summed E-state index contributed by atoms with van der Waals surface area (Å²) in [6, 6.07) is 7.27. The summed E-state index contributed by atoms with van der Waals surface area (Å²) in [5.41, 5.74) is 8.28. The lowest BCUT2D eigenvalue weighted by Crippen LogP contribution is -2.55. The second kappa shape index (κ2) is 10.6. The van der Waals surface area contributed by atoms with Gasteiger partial charge in [0.25, 0.3) is 11.8 Å². The van der Waals surface area contributed by atoms with E-state index in [1.54, 1.807) is 41.4 Å². The van der Waals surface area contributed by atoms with E-state index >= 15 is 0 Å². The molecule has 1 saturated heterocycles. The second-order valence-electron chi connectivity index (χ2n) is 8.83. The minimum absolute atomic E-state index is 0.0941. The largest absolute Gasteiger partial charge is 0.451 e. The molecule has 0 saturated carbocycles. The number of hydrogen-bond donors (Lipinski definition) is 2. The number of nitrogens with two attached hydrogens (primary N) is 1. The molecule has 0 aliphatic carbocycles. The van der Waals surface area contributed by atoms with Crippen LogP contribution < -0.4 is 15.8 Å². The number of aromatic nitrogens is 2. The number of benzene rings is 1. The van der Waals surface area contributed by atoms with E-state index in [2.05, 4.69) is 21.5 Å². The number of oxazole rings is 1. The van der Waals surface area contributed by atoms with Gasteiger partial charge in [0.05, 0.1) is 6.20 Å². The van der Waals surface area contributed by atoms with Crippen molar-refractivity contribution in [3.63, 3.8) is 0 Å². The summed E-state index contributed by atoms with van der Waals surface area (Å²) in [6.07, 6.45) is 9.99. The third-order valence-electron chi connectivity index (χ3n) is 6.28. The van der Waals surface area contributed by atoms with E-state index in [0.29, 0.717) is 36.0 Å². The molecule has 10 nitrogen and oxygen atoms in total. The maximum Gasteiger partial charge on any atom is 0.275 e. The number of allylic oxidation sites excluding steroid dienone is 1. The van der Waals surface area contributed by atoms with Crippen LogP contribution in [0.4, 0.5) is 8.78 Å². The molecule has 194 valence electrons. The minimum Gasteiger partial charge on any atom is -0.451 e. The number of amides is 1. The van der Waals surface area contributed by atoms with Crippen LogP contribution in [0.1, 0.15) is 28.9 Å². The Bertz CT molecular complexity index is 1420. The first-order valence-corrected chi connectivity index (χ1v) is 11.8. The van der Waals surface area contributed by atoms with Crippen molar-refractivity contribution >= 4 is 11.5 Å². The predicted octanol–water partition coefficient (Wildman–Crippen LogP) is 3.34. The zero-order valence-corrected chi connectivity index (χ0v) is 20.1. The predicted molar refractivity (Wildman–Crippen MR) is 131 cm³/mol. The highest BCUT2D eigenvalue weighted by Crippen LogP contribution is 2.32. The zero-order valence-electron chi connectivity index (χ0n) is 20.1. The molecular formula is C26H23F2N7O3. The van der Waals surface area contributed by atoms with Crippen LogP contribution in [0.3, 0.4) is 0 Å². The number of likely N-dealkylation sites (tertiary alicyclic amines) is 1. The normalized spacial score (nSPS) is 19.3. The first-order valence-electron chi connectivity index (χ1n) is 11.8. The fourth-order valence-corrected chi connectivity index (χ4v) is 4.53. The molecule has 5 rings (SSSR count). The summed E-state index contributed by atoms with van der Waals surface area (Å²) in [7, 11) is 0. The summed E-state index contributed by atoms with van der Waals surface area (Å²) in [5.74, 6) is -2.25. The fraction of sp³-hybridized carbons (Fsp3) is 0.231. The fourth-order valence-electron chi connectivity index (χ4n) is 4.53. The van der Waals surface area contributed by atoms with Crippen LogP contribution in [0.5, 0.6) is 11.6 Å². The third kappa shape index (κ3) is 5.27. The number of nitriles is 1. The topological polar surface area (TPSA) is 134 Å². The summed E-state index contributed by atoms with van der Waals surface area (Å²) < 4.78 is 37.6. The lowest BCUT2D eigenvalue weighted by Gasteiger charge is -2.44. The molecule has 3 aromatic rings. The summed E-state index contributed by atoms with van der Waals surface area (Å²) in [6.45, 7) is 1.15. The molecule has 2 aliphatic heterocycles. The maximum atomic E-state index is 14.0. The van der Waals surface area contributed by atoms with Crippen LogP contribution in [0.15, 0.2) is 71.6 Å². The number of pyridine rings is 1. The van der Waals surface area contributed by atoms with Crippen molar-refractivity contribution in [2.24, 2.45) is 5.73 Å². The number of carbonyl (C=O) groups is 1. The van der Waals surface area contributed by atoms with Gasteiger partial charge in [-0.05, 0) is 36.6 Å². The number of nitrogens with one attached hydrogen (secondary N) is 1. The number of ether oxygens (including phenoxy) is 1. The van der Waals surface area contributed by atoms with E-state index in [9.17, 15) is 18.8 Å². The van der Waals surface area contributed by atoms with E-state index in [-0.39, 0.29) is 23.4 Å². The Morgan fingerprint density at radius 1 is 1.26 bits per heavy atom. The average Bonchev–Trinajstić information content (AvgIpc) is 3.47. The van der Waals surface area contributed by atoms with Gasteiger partial charge in [-0.3, -0.25) is 4.79 Å². The van der Waals surface area contributed by atoms with Gasteiger partial charge in [-0.2, -0.15) is 5.26 Å². The van der Waals surface area contributed by atoms with Crippen LogP contribution in [-0.2, 0) is 0 Å². The molecule has 0 spiro atoms. The van der Waals surface area contributed by atoms with Crippen molar-refractivity contribution in [1.82, 2.24) is 25.1 Å². The minimum atomic E-state index is -0.924. The van der Waals surface area contributed by atoms with Gasteiger partial charge in [0.1, 0.15) is 24.0 Å². The van der Waals surface area contributed by atoms with Crippen molar-refractivity contribution < 1.29 is 22.7 Å². The van der Waals surface area contributed by atoms with Crippen LogP contribution in [-0.4, -0.2) is 51.0 Å². The van der Waals surface area contributed by atoms with Crippen molar-refractivity contribution in [3.8, 4) is 17.8 Å². The molecule has 1 fully saturated rings. The van der Waals surface area contributed by atoms with Crippen molar-refractivity contribution in [2.45, 2.75) is 25.0 Å². The molecule has 1 aromatic carbocycles. The van der Waals surface area contributed by atoms with Gasteiger partial charge in [0.2, 0.25) is 0 Å². The average molecular weight is 520 g/mol. The molecule has 2 unspecified atom stereocenters. The van der Waals surface area contributed by atoms with E-state index < -0.39 is 23.7 Å². The van der Waals surface area contributed by atoms with Gasteiger partial charge >= 0.3 is 0 Å². The van der Waals surface area contributed by atoms with Crippen LogP contribution in [0.25, 0.3) is 5.57 Å². The number of hydrogen-bond acceptors (Lipinski definition) is 9. The molecule has 3 N–H and O–H groups in total. The number of piperidine rings is 1. The first-order chi connectivity index (χ1) is 18.4. The van der Waals surface area contributed by atoms with Gasteiger partial charge in [0, 0.05) is 42.7 Å². The van der Waals surface area contributed by atoms with Crippen LogP contribution >= 0.6 is 0 Å². The lowest BCUT2D eigenvalue weighted by atomic mass is 9.95. The van der Waals surface area contributed by atoms with Crippen molar-refractivity contribution in [3.05, 3.63) is 90.1 Å². The highest BCUT2D eigenvalue weighted by Gasteiger charge is 2.34. The molecule has 0 radical (unpaired) electrons. The smallest absolute Gasteiger partial charge is 0.275 e. The van der Waals surface area contributed by atoms with Gasteiger partial charge in [-0.1, -0.05) is 12.1 Å². The maximum absolute atomic E-state index is 14.0. The number of carbonyl (C=O) groups excluding carboxylic acids is 1. The highest BCUT2D eigenvalue weighted by molar-refractivity contribution is 5.93. The van der Waals surface area contributed by atoms with E-state index in [1.807, 2.05) is 4.90 Å².